The summed E-state index contributed by atoms with van der Waals surface area (Å²) < 4.78 is 0. The molecule has 0 fully saturated rings. The molecule has 0 bridgehead atoms. The summed E-state index contributed by atoms with van der Waals surface area (Å²) in [5.74, 6) is -9.58. The summed E-state index contributed by atoms with van der Waals surface area (Å²) in [4.78, 5) is 57.3. The van der Waals surface area contributed by atoms with E-state index in [1.54, 1.807) is 0 Å². The Hall–Kier alpha value is -2.26. The summed E-state index contributed by atoms with van der Waals surface area (Å²) in [6.07, 6.45) is -6.76. The van der Waals surface area contributed by atoms with Crippen molar-refractivity contribution in [3.63, 3.8) is 0 Å². The largest absolute Gasteiger partial charge is 1.00 e. The van der Waals surface area contributed by atoms with Crippen LogP contribution in [0.2, 0.25) is 0 Å². The molecule has 0 amide bonds. The van der Waals surface area contributed by atoms with Gasteiger partial charge >= 0.3 is 29.6 Å². The van der Waals surface area contributed by atoms with Gasteiger partial charge in [-0.05, 0) is 25.7 Å². The van der Waals surface area contributed by atoms with E-state index in [2.05, 4.69) is 0 Å². The third kappa shape index (κ3) is 28.8. The Morgan fingerprint density at radius 2 is 0.667 bits per heavy atom. The van der Waals surface area contributed by atoms with E-state index in [0.717, 1.165) is 0 Å². The van der Waals surface area contributed by atoms with Crippen molar-refractivity contribution < 1.29 is 99.2 Å². The Morgan fingerprint density at radius 3 is 0.741 bits per heavy atom. The van der Waals surface area contributed by atoms with Crippen LogP contribution < -0.4 is 60.2 Å². The minimum Gasteiger partial charge on any atom is -0.550 e. The topological polar surface area (TPSA) is 281 Å². The molecule has 27 heavy (non-hydrogen) atoms. The Morgan fingerprint density at radius 1 is 0.519 bits per heavy atom. The van der Waals surface area contributed by atoms with Gasteiger partial charge in [-0.25, -0.2) is 0 Å². The average molecular weight is 403 g/mol. The van der Waals surface area contributed by atoms with Crippen LogP contribution in [0.4, 0.5) is 0 Å². The zero-order chi connectivity index (χ0) is 21.4. The minimum atomic E-state index is -2.44. The molecular formula is C12H12NaO14-5. The maximum absolute atomic E-state index is 9.63. The summed E-state index contributed by atoms with van der Waals surface area (Å²) in [5, 5.41) is 73.7. The molecule has 0 saturated heterocycles. The van der Waals surface area contributed by atoms with Crippen molar-refractivity contribution >= 4 is 35.8 Å². The minimum absolute atomic E-state index is 0. The van der Waals surface area contributed by atoms with E-state index in [0.29, 0.717) is 0 Å². The molecule has 0 aliphatic rings. The third-order valence-electron chi connectivity index (χ3n) is 1.85. The first-order chi connectivity index (χ1) is 11.7. The Labute approximate surface area is 173 Å². The Bertz CT molecular complexity index is 442. The van der Waals surface area contributed by atoms with E-state index in [1.807, 2.05) is 0 Å². The van der Waals surface area contributed by atoms with Crippen molar-refractivity contribution in [2.45, 2.75) is 37.9 Å². The first kappa shape index (κ1) is 32.4. The van der Waals surface area contributed by atoms with Crippen molar-refractivity contribution in [1.82, 2.24) is 0 Å². The second-order valence-corrected chi connectivity index (χ2v) is 4.02. The molecular weight excluding hydrogens is 391 g/mol. The van der Waals surface area contributed by atoms with Crippen molar-refractivity contribution in [2.75, 3.05) is 0 Å². The van der Waals surface area contributed by atoms with Gasteiger partial charge in [0.15, 0.2) is 0 Å². The van der Waals surface area contributed by atoms with E-state index in [4.69, 9.17) is 10.2 Å². The van der Waals surface area contributed by atoms with Crippen LogP contribution in [0, 0.1) is 0 Å². The quantitative estimate of drug-likeness (QED) is 0.338. The number of carboxylic acids is 6. The van der Waals surface area contributed by atoms with Crippen LogP contribution in [0.1, 0.15) is 25.7 Å². The van der Waals surface area contributed by atoms with Gasteiger partial charge in [-0.2, -0.15) is 0 Å². The monoisotopic (exact) mass is 403 g/mol. The SMILES string of the molecule is O=C([O-])C(O)C(O)C(=O)[O-].O=C([O-])CCC(=O)[O-].O=C([O-])CCC(=O)[O-].[Na+]. The molecule has 0 heterocycles. The molecule has 2 atom stereocenters. The molecule has 2 N–H and O–H groups in total. The van der Waals surface area contributed by atoms with Crippen molar-refractivity contribution in [3.8, 4) is 0 Å². The molecule has 0 saturated carbocycles. The van der Waals surface area contributed by atoms with Crippen LogP contribution in [0.5, 0.6) is 0 Å². The van der Waals surface area contributed by atoms with Gasteiger partial charge in [-0.15, -0.1) is 0 Å². The fourth-order valence-electron chi connectivity index (χ4n) is 0.666. The van der Waals surface area contributed by atoms with Gasteiger partial charge in [0.2, 0.25) is 0 Å². The molecule has 150 valence electrons. The molecule has 0 aliphatic heterocycles. The molecule has 0 spiro atoms. The van der Waals surface area contributed by atoms with Crippen LogP contribution in [0.15, 0.2) is 0 Å². The number of aliphatic carboxylic acids is 6. The maximum Gasteiger partial charge on any atom is 1.00 e. The molecule has 14 nitrogen and oxygen atoms in total. The molecule has 15 heteroatoms. The summed E-state index contributed by atoms with van der Waals surface area (Å²) in [5.41, 5.74) is 0. The smallest absolute Gasteiger partial charge is 0.550 e. The average Bonchev–Trinajstić information content (AvgIpc) is 2.50. The molecule has 0 aromatic rings. The second-order valence-electron chi connectivity index (χ2n) is 4.02. The first-order valence-electron chi connectivity index (χ1n) is 6.29. The zero-order valence-corrected chi connectivity index (χ0v) is 15.8. The van der Waals surface area contributed by atoms with Gasteiger partial charge in [-0.3, -0.25) is 0 Å². The van der Waals surface area contributed by atoms with E-state index in [-0.39, 0.29) is 29.6 Å². The number of carbonyl (C=O) groups excluding carboxylic acids is 6. The zero-order valence-electron chi connectivity index (χ0n) is 13.8. The van der Waals surface area contributed by atoms with Crippen LogP contribution in [0.25, 0.3) is 0 Å². The molecule has 0 radical (unpaired) electrons. The number of carbonyl (C=O) groups is 6. The summed E-state index contributed by atoms with van der Waals surface area (Å²) >= 11 is 0. The van der Waals surface area contributed by atoms with Gasteiger partial charge in [-0.1, -0.05) is 0 Å². The predicted molar refractivity (Wildman–Crippen MR) is 60.5 cm³/mol. The van der Waals surface area contributed by atoms with Crippen LogP contribution in [0.3, 0.4) is 0 Å². The van der Waals surface area contributed by atoms with E-state index < -0.39 is 73.7 Å². The third-order valence-corrected chi connectivity index (χ3v) is 1.85. The number of aliphatic hydroxyl groups excluding tert-OH is 2. The van der Waals surface area contributed by atoms with Crippen LogP contribution in [-0.2, 0) is 28.8 Å². The van der Waals surface area contributed by atoms with Gasteiger partial charge in [0, 0.05) is 23.9 Å². The first-order valence-corrected chi connectivity index (χ1v) is 6.29. The summed E-state index contributed by atoms with van der Waals surface area (Å²) in [6, 6.07) is 0. The molecule has 0 aromatic heterocycles. The number of hydrogen-bond acceptors (Lipinski definition) is 14. The van der Waals surface area contributed by atoms with Crippen molar-refractivity contribution in [3.05, 3.63) is 0 Å². The number of aliphatic hydroxyl groups is 2. The van der Waals surface area contributed by atoms with Gasteiger partial charge in [0.1, 0.15) is 12.2 Å². The van der Waals surface area contributed by atoms with Gasteiger partial charge in [0.25, 0.3) is 0 Å². The van der Waals surface area contributed by atoms with Crippen molar-refractivity contribution in [1.29, 1.82) is 0 Å². The summed E-state index contributed by atoms with van der Waals surface area (Å²) in [7, 11) is 0. The van der Waals surface area contributed by atoms with E-state index in [1.165, 1.54) is 0 Å². The summed E-state index contributed by atoms with van der Waals surface area (Å²) in [6.45, 7) is 0. The molecule has 2 unspecified atom stereocenters. The molecule has 0 aliphatic carbocycles. The number of rotatable bonds is 9. The number of hydrogen-bond donors (Lipinski definition) is 2. The van der Waals surface area contributed by atoms with E-state index >= 15 is 0 Å². The molecule has 0 rings (SSSR count). The van der Waals surface area contributed by atoms with Crippen LogP contribution >= 0.6 is 0 Å². The van der Waals surface area contributed by atoms with E-state index in [9.17, 15) is 59.4 Å². The fourth-order valence-corrected chi connectivity index (χ4v) is 0.666. The van der Waals surface area contributed by atoms with Gasteiger partial charge < -0.3 is 69.6 Å². The van der Waals surface area contributed by atoms with Crippen LogP contribution in [-0.4, -0.2) is 58.2 Å². The van der Waals surface area contributed by atoms with Crippen molar-refractivity contribution in [2.24, 2.45) is 0 Å². The standard InChI is InChI=1S/C4H6O6.2C4H6O4.Na/c5-1(3(7)8)2(6)4(9)10;2*5-3(6)1-2-4(7)8;/h1-2,5-6H,(H,7,8)(H,9,10);2*1-2H2,(H,5,6)(H,7,8);/q;;;+1/p-6. The second kappa shape index (κ2) is 18.5. The Balaban J connectivity index is -0.000000146. The Kier molecular flexibility index (Phi) is 22.2. The molecule has 0 aromatic carbocycles. The maximum atomic E-state index is 9.63. The number of carboxylic acid groups (broad SMARTS) is 6. The normalized spacial score (nSPS) is 10.9. The van der Waals surface area contributed by atoms with Gasteiger partial charge in [0.05, 0.1) is 11.9 Å². The predicted octanol–water partition coefficient (Wildman–Crippen LogP) is -13.3. The fraction of sp³-hybridized carbons (Fsp3) is 0.500.